The molecule has 196 valence electrons. The third kappa shape index (κ3) is 6.98. The van der Waals surface area contributed by atoms with Gasteiger partial charge in [0.05, 0.1) is 10.6 Å². The van der Waals surface area contributed by atoms with Gasteiger partial charge in [-0.1, -0.05) is 67.6 Å². The fraction of sp³-hybridized carbons (Fsp3) is 0.310. The minimum Gasteiger partial charge on any atom is -0.352 e. The van der Waals surface area contributed by atoms with E-state index < -0.39 is 28.5 Å². The highest BCUT2D eigenvalue weighted by Crippen LogP contribution is 2.24. The van der Waals surface area contributed by atoms with Crippen molar-refractivity contribution < 1.29 is 18.0 Å². The van der Waals surface area contributed by atoms with Crippen LogP contribution in [0.5, 0.6) is 0 Å². The van der Waals surface area contributed by atoms with Gasteiger partial charge in [0.2, 0.25) is 11.8 Å². The Morgan fingerprint density at radius 1 is 0.865 bits per heavy atom. The standard InChI is InChI=1S/C29H35N3O4S/c1-5-27(29(34)30-22(2)3)31(20-24-15-13-12-14-23(24)4)28(33)21-32(25-16-8-6-9-17-25)37(35,36)26-18-10-7-11-19-26/h6-19,22,27H,5,20-21H2,1-4H3,(H,30,34). The summed E-state index contributed by atoms with van der Waals surface area (Å²) in [6, 6.07) is 23.4. The molecular weight excluding hydrogens is 486 g/mol. The molecule has 0 radical (unpaired) electrons. The molecule has 3 aromatic carbocycles. The Hall–Kier alpha value is -3.65. The molecule has 0 aliphatic heterocycles. The number of anilines is 1. The van der Waals surface area contributed by atoms with Crippen molar-refractivity contribution in [2.24, 2.45) is 0 Å². The summed E-state index contributed by atoms with van der Waals surface area (Å²) in [5.74, 6) is -0.728. The molecule has 0 heterocycles. The zero-order valence-electron chi connectivity index (χ0n) is 21.8. The summed E-state index contributed by atoms with van der Waals surface area (Å²) in [6.45, 7) is 7.26. The van der Waals surface area contributed by atoms with E-state index in [1.54, 1.807) is 48.5 Å². The van der Waals surface area contributed by atoms with Gasteiger partial charge in [-0.25, -0.2) is 8.42 Å². The summed E-state index contributed by atoms with van der Waals surface area (Å²) >= 11 is 0. The van der Waals surface area contributed by atoms with Crippen LogP contribution >= 0.6 is 0 Å². The molecule has 3 aromatic rings. The number of hydrogen-bond acceptors (Lipinski definition) is 4. The highest BCUT2D eigenvalue weighted by Gasteiger charge is 2.33. The number of nitrogens with one attached hydrogen (secondary N) is 1. The van der Waals surface area contributed by atoms with Crippen molar-refractivity contribution >= 4 is 27.5 Å². The highest BCUT2D eigenvalue weighted by molar-refractivity contribution is 7.92. The summed E-state index contributed by atoms with van der Waals surface area (Å²) in [4.78, 5) is 28.7. The summed E-state index contributed by atoms with van der Waals surface area (Å²) < 4.78 is 28.5. The number of nitrogens with zero attached hydrogens (tertiary/aromatic N) is 2. The number of sulfonamides is 1. The van der Waals surface area contributed by atoms with E-state index in [4.69, 9.17) is 0 Å². The first-order chi connectivity index (χ1) is 17.6. The zero-order chi connectivity index (χ0) is 27.0. The van der Waals surface area contributed by atoms with Crippen molar-refractivity contribution in [3.8, 4) is 0 Å². The van der Waals surface area contributed by atoms with Crippen LogP contribution in [0.25, 0.3) is 0 Å². The number of amides is 2. The number of para-hydroxylation sites is 1. The minimum absolute atomic E-state index is 0.0849. The first-order valence-electron chi connectivity index (χ1n) is 12.4. The molecule has 0 saturated carbocycles. The molecule has 3 rings (SSSR count). The lowest BCUT2D eigenvalue weighted by Crippen LogP contribution is -2.53. The van der Waals surface area contributed by atoms with E-state index in [0.29, 0.717) is 12.1 Å². The molecule has 0 aliphatic carbocycles. The van der Waals surface area contributed by atoms with Crippen LogP contribution in [0.4, 0.5) is 5.69 Å². The van der Waals surface area contributed by atoms with Crippen molar-refractivity contribution in [3.05, 3.63) is 96.1 Å². The molecule has 0 fully saturated rings. The third-order valence-electron chi connectivity index (χ3n) is 6.07. The molecule has 7 nitrogen and oxygen atoms in total. The van der Waals surface area contributed by atoms with Crippen LogP contribution in [0.2, 0.25) is 0 Å². The number of carbonyl (C=O) groups is 2. The van der Waals surface area contributed by atoms with Gasteiger partial charge in [-0.15, -0.1) is 0 Å². The van der Waals surface area contributed by atoms with Gasteiger partial charge in [0.1, 0.15) is 12.6 Å². The van der Waals surface area contributed by atoms with Crippen LogP contribution in [0.15, 0.2) is 89.8 Å². The SMILES string of the molecule is CCC(C(=O)NC(C)C)N(Cc1ccccc1C)C(=O)CN(c1ccccc1)S(=O)(=O)c1ccccc1. The molecule has 0 aromatic heterocycles. The van der Waals surface area contributed by atoms with E-state index in [1.807, 2.05) is 52.0 Å². The maximum atomic E-state index is 14.0. The Balaban J connectivity index is 2.04. The summed E-state index contributed by atoms with van der Waals surface area (Å²) in [6.07, 6.45) is 0.382. The number of benzene rings is 3. The second-order valence-electron chi connectivity index (χ2n) is 9.20. The molecule has 0 saturated heterocycles. The Kier molecular flexibility index (Phi) is 9.47. The van der Waals surface area contributed by atoms with Gasteiger partial charge in [0, 0.05) is 12.6 Å². The van der Waals surface area contributed by atoms with Crippen LogP contribution in [-0.4, -0.2) is 43.8 Å². The predicted octanol–water partition coefficient (Wildman–Crippen LogP) is 4.52. The molecule has 1 atom stereocenters. The predicted molar refractivity (Wildman–Crippen MR) is 147 cm³/mol. The highest BCUT2D eigenvalue weighted by atomic mass is 32.2. The fourth-order valence-electron chi connectivity index (χ4n) is 4.11. The van der Waals surface area contributed by atoms with Crippen molar-refractivity contribution in [1.82, 2.24) is 10.2 Å². The number of rotatable bonds is 11. The molecule has 0 bridgehead atoms. The Bertz CT molecular complexity index is 1290. The molecule has 0 spiro atoms. The zero-order valence-corrected chi connectivity index (χ0v) is 22.6. The van der Waals surface area contributed by atoms with E-state index in [0.717, 1.165) is 15.4 Å². The normalized spacial score (nSPS) is 12.1. The van der Waals surface area contributed by atoms with Crippen LogP contribution in [0.3, 0.4) is 0 Å². The van der Waals surface area contributed by atoms with E-state index in [9.17, 15) is 18.0 Å². The van der Waals surface area contributed by atoms with Crippen molar-refractivity contribution in [1.29, 1.82) is 0 Å². The monoisotopic (exact) mass is 521 g/mol. The summed E-state index contributed by atoms with van der Waals surface area (Å²) in [5, 5.41) is 2.91. The third-order valence-corrected chi connectivity index (χ3v) is 7.86. The minimum atomic E-state index is -4.05. The van der Waals surface area contributed by atoms with Gasteiger partial charge < -0.3 is 10.2 Å². The summed E-state index contributed by atoms with van der Waals surface area (Å²) in [5.41, 5.74) is 2.25. The lowest BCUT2D eigenvalue weighted by atomic mass is 10.1. The maximum absolute atomic E-state index is 14.0. The molecule has 1 unspecified atom stereocenters. The molecule has 1 N–H and O–H groups in total. The first kappa shape index (κ1) is 27.9. The fourth-order valence-corrected chi connectivity index (χ4v) is 5.55. The smallest absolute Gasteiger partial charge is 0.264 e. The topological polar surface area (TPSA) is 86.8 Å². The first-order valence-corrected chi connectivity index (χ1v) is 13.9. The van der Waals surface area contributed by atoms with Gasteiger partial charge in [0.15, 0.2) is 0 Å². The second kappa shape index (κ2) is 12.5. The Morgan fingerprint density at radius 2 is 1.43 bits per heavy atom. The summed E-state index contributed by atoms with van der Waals surface area (Å²) in [7, 11) is -4.05. The van der Waals surface area contributed by atoms with E-state index in [1.165, 1.54) is 17.0 Å². The molecule has 8 heteroatoms. The van der Waals surface area contributed by atoms with Gasteiger partial charge in [-0.05, 0) is 62.6 Å². The molecule has 2 amide bonds. The average molecular weight is 522 g/mol. The Labute approximate surface area is 220 Å². The number of carbonyl (C=O) groups excluding carboxylic acids is 2. The average Bonchev–Trinajstić information content (AvgIpc) is 2.88. The van der Waals surface area contributed by atoms with Crippen molar-refractivity contribution in [2.45, 2.75) is 57.6 Å². The quantitative estimate of drug-likeness (QED) is 0.402. The van der Waals surface area contributed by atoms with E-state index in [2.05, 4.69) is 5.32 Å². The largest absolute Gasteiger partial charge is 0.352 e. The Morgan fingerprint density at radius 3 is 2.00 bits per heavy atom. The van der Waals surface area contributed by atoms with Crippen LogP contribution in [0.1, 0.15) is 38.3 Å². The van der Waals surface area contributed by atoms with E-state index in [-0.39, 0.29) is 23.4 Å². The van der Waals surface area contributed by atoms with E-state index >= 15 is 0 Å². The van der Waals surface area contributed by atoms with Gasteiger partial charge >= 0.3 is 0 Å². The second-order valence-corrected chi connectivity index (χ2v) is 11.1. The molecular formula is C29H35N3O4S. The van der Waals surface area contributed by atoms with Gasteiger partial charge in [0.25, 0.3) is 10.0 Å². The number of aryl methyl sites for hydroxylation is 1. The van der Waals surface area contributed by atoms with Crippen molar-refractivity contribution in [3.63, 3.8) is 0 Å². The molecule has 0 aliphatic rings. The lowest BCUT2D eigenvalue weighted by Gasteiger charge is -2.34. The van der Waals surface area contributed by atoms with Crippen molar-refractivity contribution in [2.75, 3.05) is 10.8 Å². The van der Waals surface area contributed by atoms with Crippen LogP contribution in [0, 0.1) is 6.92 Å². The van der Waals surface area contributed by atoms with Gasteiger partial charge in [-0.3, -0.25) is 13.9 Å². The number of hydrogen-bond donors (Lipinski definition) is 1. The van der Waals surface area contributed by atoms with Crippen LogP contribution < -0.4 is 9.62 Å². The van der Waals surface area contributed by atoms with Crippen LogP contribution in [-0.2, 0) is 26.2 Å². The van der Waals surface area contributed by atoms with Gasteiger partial charge in [-0.2, -0.15) is 0 Å². The molecule has 37 heavy (non-hydrogen) atoms. The lowest BCUT2D eigenvalue weighted by molar-refractivity contribution is -0.140. The maximum Gasteiger partial charge on any atom is 0.264 e.